The Bertz CT molecular complexity index is 71.3. The van der Waals surface area contributed by atoms with Gasteiger partial charge in [0.05, 0.1) is 6.10 Å². The number of unbranched alkanes of at least 4 members (excludes halogenated alkanes) is 4. The summed E-state index contributed by atoms with van der Waals surface area (Å²) in [6.07, 6.45) is 8.82. The predicted molar refractivity (Wildman–Crippen MR) is 48.8 cm³/mol. The lowest BCUT2D eigenvalue weighted by Crippen LogP contribution is -1.92. The van der Waals surface area contributed by atoms with Gasteiger partial charge in [0, 0.05) is 0 Å². The molecule has 1 nitrogen and oxygen atoms in total. The molecule has 1 N–H and O–H groups in total. The zero-order valence-corrected chi connectivity index (χ0v) is 7.90. The number of aliphatic hydroxyl groups excluding tert-OH is 1. The molecule has 1 radical (unpaired) electrons. The fourth-order valence-corrected chi connectivity index (χ4v) is 1.11. The van der Waals surface area contributed by atoms with E-state index in [1.807, 2.05) is 6.92 Å². The van der Waals surface area contributed by atoms with Gasteiger partial charge in [-0.1, -0.05) is 46.0 Å². The Morgan fingerprint density at radius 3 is 2.18 bits per heavy atom. The van der Waals surface area contributed by atoms with Crippen LogP contribution in [0.15, 0.2) is 0 Å². The lowest BCUT2D eigenvalue weighted by atomic mass is 10.1. The van der Waals surface area contributed by atoms with Crippen molar-refractivity contribution in [2.24, 2.45) is 0 Å². The van der Waals surface area contributed by atoms with Crippen molar-refractivity contribution in [3.8, 4) is 0 Å². The third-order valence-electron chi connectivity index (χ3n) is 1.98. The Morgan fingerprint density at radius 2 is 1.64 bits per heavy atom. The monoisotopic (exact) mass is 157 g/mol. The van der Waals surface area contributed by atoms with Gasteiger partial charge in [0.25, 0.3) is 0 Å². The van der Waals surface area contributed by atoms with Crippen LogP contribution in [0.1, 0.15) is 58.8 Å². The first-order chi connectivity index (χ1) is 5.31. The third kappa shape index (κ3) is 7.86. The van der Waals surface area contributed by atoms with Crippen molar-refractivity contribution in [1.82, 2.24) is 0 Å². The summed E-state index contributed by atoms with van der Waals surface area (Å²) in [4.78, 5) is 0. The number of aliphatic hydroxyl groups is 1. The molecule has 0 unspecified atom stereocenters. The molecule has 0 bridgehead atoms. The molecule has 67 valence electrons. The molecule has 0 aromatic rings. The molecular weight excluding hydrogens is 136 g/mol. The summed E-state index contributed by atoms with van der Waals surface area (Å²) < 4.78 is 0. The van der Waals surface area contributed by atoms with Crippen molar-refractivity contribution in [3.05, 3.63) is 6.10 Å². The van der Waals surface area contributed by atoms with Gasteiger partial charge in [0.1, 0.15) is 0 Å². The summed E-state index contributed by atoms with van der Waals surface area (Å²) >= 11 is 0. The second-order valence-corrected chi connectivity index (χ2v) is 3.08. The topological polar surface area (TPSA) is 20.2 Å². The molecule has 0 saturated heterocycles. The maximum Gasteiger partial charge on any atom is 0.0930 e. The minimum atomic E-state index is 0.668. The minimum Gasteiger partial charge on any atom is -0.387 e. The van der Waals surface area contributed by atoms with E-state index in [2.05, 4.69) is 6.92 Å². The molecule has 0 saturated carbocycles. The molecule has 0 amide bonds. The lowest BCUT2D eigenvalue weighted by molar-refractivity contribution is 0.268. The summed E-state index contributed by atoms with van der Waals surface area (Å²) in [5.41, 5.74) is 0. The van der Waals surface area contributed by atoms with Crippen molar-refractivity contribution < 1.29 is 5.11 Å². The van der Waals surface area contributed by atoms with Gasteiger partial charge in [-0.25, -0.2) is 0 Å². The largest absolute Gasteiger partial charge is 0.387 e. The van der Waals surface area contributed by atoms with E-state index < -0.39 is 0 Å². The molecule has 0 aliphatic carbocycles. The van der Waals surface area contributed by atoms with Gasteiger partial charge in [-0.15, -0.1) is 0 Å². The van der Waals surface area contributed by atoms with Crippen LogP contribution in [-0.2, 0) is 0 Å². The molecule has 0 spiro atoms. The number of rotatable bonds is 7. The lowest BCUT2D eigenvalue weighted by Gasteiger charge is -2.04. The summed E-state index contributed by atoms with van der Waals surface area (Å²) in [5, 5.41) is 9.13. The van der Waals surface area contributed by atoms with Crippen LogP contribution in [-0.4, -0.2) is 5.11 Å². The fourth-order valence-electron chi connectivity index (χ4n) is 1.11. The highest BCUT2D eigenvalue weighted by Gasteiger charge is 1.99. The average Bonchev–Trinajstić information content (AvgIpc) is 2.04. The van der Waals surface area contributed by atoms with E-state index >= 15 is 0 Å². The summed E-state index contributed by atoms with van der Waals surface area (Å²) in [5.74, 6) is 0. The molecule has 0 aromatic heterocycles. The summed E-state index contributed by atoms with van der Waals surface area (Å²) in [6.45, 7) is 4.22. The molecular formula is C10H21O. The molecule has 0 aromatic carbocycles. The molecule has 0 atom stereocenters. The van der Waals surface area contributed by atoms with Crippen molar-refractivity contribution >= 4 is 0 Å². The van der Waals surface area contributed by atoms with Crippen molar-refractivity contribution in [2.75, 3.05) is 0 Å². The zero-order chi connectivity index (χ0) is 8.53. The standard InChI is InChI=1S/C10H21O/c1-3-5-6-7-8-9-10(11)4-2/h11H,3-9H2,1-2H3. The van der Waals surface area contributed by atoms with E-state index in [1.54, 1.807) is 0 Å². The van der Waals surface area contributed by atoms with Gasteiger partial charge >= 0.3 is 0 Å². The number of hydrogen-bond acceptors (Lipinski definition) is 1. The fraction of sp³-hybridized carbons (Fsp3) is 0.900. The number of hydrogen-bond donors (Lipinski definition) is 1. The molecule has 0 aliphatic rings. The van der Waals surface area contributed by atoms with Crippen LogP contribution in [0, 0.1) is 6.10 Å². The van der Waals surface area contributed by atoms with Crippen molar-refractivity contribution in [1.29, 1.82) is 0 Å². The summed E-state index contributed by atoms with van der Waals surface area (Å²) in [6, 6.07) is 0. The first-order valence-electron chi connectivity index (χ1n) is 4.84. The average molecular weight is 157 g/mol. The molecule has 0 aliphatic heterocycles. The zero-order valence-electron chi connectivity index (χ0n) is 7.90. The van der Waals surface area contributed by atoms with Crippen LogP contribution in [0.25, 0.3) is 0 Å². The highest BCUT2D eigenvalue weighted by atomic mass is 16.3. The third-order valence-corrected chi connectivity index (χ3v) is 1.98. The van der Waals surface area contributed by atoms with Gasteiger partial charge in [-0.05, 0) is 12.8 Å². The second kappa shape index (κ2) is 8.06. The van der Waals surface area contributed by atoms with Crippen LogP contribution in [0.3, 0.4) is 0 Å². The Hall–Kier alpha value is -0.0400. The van der Waals surface area contributed by atoms with Crippen LogP contribution in [0.5, 0.6) is 0 Å². The van der Waals surface area contributed by atoms with E-state index in [0.717, 1.165) is 12.8 Å². The minimum absolute atomic E-state index is 0.668. The molecule has 0 heterocycles. The molecule has 0 rings (SSSR count). The Labute approximate surface area is 70.8 Å². The van der Waals surface area contributed by atoms with Gasteiger partial charge in [0.15, 0.2) is 0 Å². The predicted octanol–water partition coefficient (Wildman–Crippen LogP) is 3.66. The van der Waals surface area contributed by atoms with Gasteiger partial charge in [-0.3, -0.25) is 0 Å². The Balaban J connectivity index is 2.89. The normalized spacial score (nSPS) is 10.9. The maximum atomic E-state index is 9.13. The Kier molecular flexibility index (Phi) is 8.03. The van der Waals surface area contributed by atoms with Crippen LogP contribution < -0.4 is 0 Å². The van der Waals surface area contributed by atoms with Crippen molar-refractivity contribution in [3.63, 3.8) is 0 Å². The van der Waals surface area contributed by atoms with Crippen LogP contribution in [0.4, 0.5) is 0 Å². The highest BCUT2D eigenvalue weighted by Crippen LogP contribution is 2.12. The van der Waals surface area contributed by atoms with Crippen molar-refractivity contribution in [2.45, 2.75) is 58.8 Å². The van der Waals surface area contributed by atoms with Gasteiger partial charge in [0.2, 0.25) is 0 Å². The van der Waals surface area contributed by atoms with Gasteiger partial charge < -0.3 is 5.11 Å². The first-order valence-corrected chi connectivity index (χ1v) is 4.84. The Morgan fingerprint density at radius 1 is 1.00 bits per heavy atom. The summed E-state index contributed by atoms with van der Waals surface area (Å²) in [7, 11) is 0. The van der Waals surface area contributed by atoms with E-state index in [9.17, 15) is 0 Å². The molecule has 11 heavy (non-hydrogen) atoms. The van der Waals surface area contributed by atoms with E-state index in [-0.39, 0.29) is 0 Å². The smallest absolute Gasteiger partial charge is 0.0930 e. The van der Waals surface area contributed by atoms with E-state index in [0.29, 0.717) is 6.10 Å². The van der Waals surface area contributed by atoms with Gasteiger partial charge in [-0.2, -0.15) is 0 Å². The van der Waals surface area contributed by atoms with E-state index in [1.165, 1.54) is 32.1 Å². The SMILES string of the molecule is CCCCCCC[C](O)CC. The van der Waals surface area contributed by atoms with E-state index in [4.69, 9.17) is 5.11 Å². The van der Waals surface area contributed by atoms with Crippen LogP contribution >= 0.6 is 0 Å². The van der Waals surface area contributed by atoms with Crippen LogP contribution in [0.2, 0.25) is 0 Å². The first kappa shape index (κ1) is 11.0. The second-order valence-electron chi connectivity index (χ2n) is 3.08. The highest BCUT2D eigenvalue weighted by molar-refractivity contribution is 4.71. The maximum absolute atomic E-state index is 9.13. The quantitative estimate of drug-likeness (QED) is 0.559. The molecule has 0 fully saturated rings. The molecule has 1 heteroatoms.